The van der Waals surface area contributed by atoms with Gasteiger partial charge in [0.2, 0.25) is 10.0 Å². The summed E-state index contributed by atoms with van der Waals surface area (Å²) < 4.78 is 32.4. The normalized spacial score (nSPS) is 30.4. The van der Waals surface area contributed by atoms with Crippen molar-refractivity contribution in [3.8, 4) is 0 Å². The molecule has 2 heterocycles. The van der Waals surface area contributed by atoms with Crippen LogP contribution in [0.4, 0.5) is 0 Å². The van der Waals surface area contributed by atoms with E-state index in [1.54, 1.807) is 0 Å². The summed E-state index contributed by atoms with van der Waals surface area (Å²) in [5, 5.41) is 2.81. The van der Waals surface area contributed by atoms with Gasteiger partial charge in [0.15, 0.2) is 0 Å². The third-order valence-corrected chi connectivity index (χ3v) is 5.50. The van der Waals surface area contributed by atoms with E-state index in [0.717, 1.165) is 19.4 Å². The molecule has 5 nitrogen and oxygen atoms in total. The minimum Gasteiger partial charge on any atom is -0.381 e. The number of sulfonamides is 1. The largest absolute Gasteiger partial charge is 0.381 e. The van der Waals surface area contributed by atoms with Crippen molar-refractivity contribution in [2.24, 2.45) is 0 Å². The zero-order valence-electron chi connectivity index (χ0n) is 9.66. The van der Waals surface area contributed by atoms with E-state index in [4.69, 9.17) is 4.74 Å². The van der Waals surface area contributed by atoms with Crippen LogP contribution in [0.1, 0.15) is 26.2 Å². The Balaban J connectivity index is 2.01. The third-order valence-electron chi connectivity index (χ3n) is 3.44. The first-order chi connectivity index (χ1) is 7.52. The Hall–Kier alpha value is -0.170. The first-order valence-corrected chi connectivity index (χ1v) is 7.38. The molecule has 16 heavy (non-hydrogen) atoms. The summed E-state index contributed by atoms with van der Waals surface area (Å²) in [5.41, 5.74) is -0.320. The predicted octanol–water partition coefficient (Wildman–Crippen LogP) is -0.163. The minimum absolute atomic E-state index is 0.271. The van der Waals surface area contributed by atoms with Gasteiger partial charge in [-0.25, -0.2) is 13.1 Å². The molecular formula is C10H20N2O3S. The van der Waals surface area contributed by atoms with E-state index < -0.39 is 10.0 Å². The number of hydrogen-bond donors (Lipinski definition) is 2. The maximum Gasteiger partial charge on any atom is 0.216 e. The van der Waals surface area contributed by atoms with Crippen LogP contribution in [0.25, 0.3) is 0 Å². The van der Waals surface area contributed by atoms with Crippen LogP contribution in [-0.2, 0) is 14.8 Å². The molecule has 2 saturated heterocycles. The summed E-state index contributed by atoms with van der Waals surface area (Å²) in [5.74, 6) is 0. The average Bonchev–Trinajstić information content (AvgIpc) is 2.70. The highest BCUT2D eigenvalue weighted by molar-refractivity contribution is 7.90. The van der Waals surface area contributed by atoms with Crippen LogP contribution in [0.2, 0.25) is 0 Å². The Kier molecular flexibility index (Phi) is 3.53. The highest BCUT2D eigenvalue weighted by atomic mass is 32.2. The fourth-order valence-electron chi connectivity index (χ4n) is 2.24. The van der Waals surface area contributed by atoms with Gasteiger partial charge in [-0.3, -0.25) is 0 Å². The lowest BCUT2D eigenvalue weighted by Gasteiger charge is -2.34. The summed E-state index contributed by atoms with van der Waals surface area (Å²) in [6, 6.07) is 0. The molecule has 0 aliphatic carbocycles. The van der Waals surface area contributed by atoms with Gasteiger partial charge in [-0.05, 0) is 32.7 Å². The summed E-state index contributed by atoms with van der Waals surface area (Å²) >= 11 is 0. The van der Waals surface area contributed by atoms with Crippen molar-refractivity contribution < 1.29 is 13.2 Å². The van der Waals surface area contributed by atoms with Crippen molar-refractivity contribution in [1.82, 2.24) is 10.0 Å². The SMILES string of the molecule is CC1(NS(=O)(=O)C2CCNC2)CCOCC1. The van der Waals surface area contributed by atoms with Gasteiger partial charge in [-0.1, -0.05) is 0 Å². The standard InChI is InChI=1S/C10H20N2O3S/c1-10(3-6-15-7-4-10)12-16(13,14)9-2-5-11-8-9/h9,11-12H,2-8H2,1H3. The van der Waals surface area contributed by atoms with Gasteiger partial charge in [-0.15, -0.1) is 0 Å². The van der Waals surface area contributed by atoms with Gasteiger partial charge in [0, 0.05) is 25.3 Å². The highest BCUT2D eigenvalue weighted by Gasteiger charge is 2.36. The Morgan fingerprint density at radius 3 is 2.62 bits per heavy atom. The number of nitrogens with one attached hydrogen (secondary N) is 2. The number of rotatable bonds is 3. The molecule has 1 unspecified atom stereocenters. The predicted molar refractivity (Wildman–Crippen MR) is 61.8 cm³/mol. The number of hydrogen-bond acceptors (Lipinski definition) is 4. The average molecular weight is 248 g/mol. The quantitative estimate of drug-likeness (QED) is 0.728. The van der Waals surface area contributed by atoms with Crippen LogP contribution in [0.5, 0.6) is 0 Å². The third kappa shape index (κ3) is 2.74. The number of ether oxygens (including phenoxy) is 1. The summed E-state index contributed by atoms with van der Waals surface area (Å²) in [6.07, 6.45) is 2.22. The molecule has 0 saturated carbocycles. The van der Waals surface area contributed by atoms with Gasteiger partial charge in [0.05, 0.1) is 5.25 Å². The molecule has 0 radical (unpaired) electrons. The van der Waals surface area contributed by atoms with Gasteiger partial charge < -0.3 is 10.1 Å². The highest BCUT2D eigenvalue weighted by Crippen LogP contribution is 2.22. The topological polar surface area (TPSA) is 67.4 Å². The molecule has 0 bridgehead atoms. The molecule has 1 atom stereocenters. The molecule has 2 aliphatic rings. The van der Waals surface area contributed by atoms with E-state index in [0.29, 0.717) is 26.2 Å². The fourth-order valence-corrected chi connectivity index (χ4v) is 4.07. The lowest BCUT2D eigenvalue weighted by Crippen LogP contribution is -2.52. The maximum atomic E-state index is 12.1. The summed E-state index contributed by atoms with van der Waals surface area (Å²) in [4.78, 5) is 0. The molecule has 0 aromatic heterocycles. The van der Waals surface area contributed by atoms with E-state index in [1.807, 2.05) is 6.92 Å². The molecule has 2 rings (SSSR count). The first kappa shape index (κ1) is 12.3. The first-order valence-electron chi connectivity index (χ1n) is 5.83. The van der Waals surface area contributed by atoms with Crippen LogP contribution in [-0.4, -0.2) is 45.5 Å². The smallest absolute Gasteiger partial charge is 0.216 e. The summed E-state index contributed by atoms with van der Waals surface area (Å²) in [7, 11) is -3.19. The van der Waals surface area contributed by atoms with Crippen molar-refractivity contribution in [3.05, 3.63) is 0 Å². The Morgan fingerprint density at radius 2 is 2.06 bits per heavy atom. The van der Waals surface area contributed by atoms with E-state index in [9.17, 15) is 8.42 Å². The Morgan fingerprint density at radius 1 is 1.38 bits per heavy atom. The fraction of sp³-hybridized carbons (Fsp3) is 1.00. The van der Waals surface area contributed by atoms with Crippen LogP contribution in [0.15, 0.2) is 0 Å². The molecule has 0 aromatic carbocycles. The molecule has 2 N–H and O–H groups in total. The zero-order chi connectivity index (χ0) is 11.6. The molecule has 0 aromatic rings. The van der Waals surface area contributed by atoms with Gasteiger partial charge in [0.1, 0.15) is 0 Å². The van der Waals surface area contributed by atoms with Gasteiger partial charge in [0.25, 0.3) is 0 Å². The monoisotopic (exact) mass is 248 g/mol. The van der Waals surface area contributed by atoms with Crippen molar-refractivity contribution >= 4 is 10.0 Å². The molecule has 94 valence electrons. The molecule has 0 spiro atoms. The Bertz CT molecular complexity index is 330. The van der Waals surface area contributed by atoms with E-state index >= 15 is 0 Å². The van der Waals surface area contributed by atoms with Crippen LogP contribution in [0.3, 0.4) is 0 Å². The Labute approximate surface area is 97.0 Å². The van der Waals surface area contributed by atoms with Crippen LogP contribution >= 0.6 is 0 Å². The summed E-state index contributed by atoms with van der Waals surface area (Å²) in [6.45, 7) is 4.62. The lowest BCUT2D eigenvalue weighted by molar-refractivity contribution is 0.0537. The van der Waals surface area contributed by atoms with Crippen molar-refractivity contribution in [3.63, 3.8) is 0 Å². The second-order valence-corrected chi connectivity index (χ2v) is 6.90. The van der Waals surface area contributed by atoms with E-state index in [2.05, 4.69) is 10.0 Å². The minimum atomic E-state index is -3.19. The van der Waals surface area contributed by atoms with Crippen molar-refractivity contribution in [2.45, 2.75) is 37.0 Å². The molecule has 0 amide bonds. The van der Waals surface area contributed by atoms with E-state index in [1.165, 1.54) is 0 Å². The lowest BCUT2D eigenvalue weighted by atomic mass is 9.94. The van der Waals surface area contributed by atoms with Crippen molar-refractivity contribution in [2.75, 3.05) is 26.3 Å². The van der Waals surface area contributed by atoms with Crippen LogP contribution in [0, 0.1) is 0 Å². The second kappa shape index (κ2) is 4.60. The molecule has 2 aliphatic heterocycles. The van der Waals surface area contributed by atoms with E-state index in [-0.39, 0.29) is 10.8 Å². The molecule has 6 heteroatoms. The molecule has 2 fully saturated rings. The maximum absolute atomic E-state index is 12.1. The second-order valence-electron chi connectivity index (χ2n) is 4.93. The zero-order valence-corrected chi connectivity index (χ0v) is 10.5. The van der Waals surface area contributed by atoms with Gasteiger partial charge >= 0.3 is 0 Å². The molecular weight excluding hydrogens is 228 g/mol. The van der Waals surface area contributed by atoms with Crippen LogP contribution < -0.4 is 10.0 Å². The van der Waals surface area contributed by atoms with Gasteiger partial charge in [-0.2, -0.15) is 0 Å². The van der Waals surface area contributed by atoms with Crippen molar-refractivity contribution in [1.29, 1.82) is 0 Å².